The maximum Gasteiger partial charge on any atom is 0.251 e. The first kappa shape index (κ1) is 19.7. The summed E-state index contributed by atoms with van der Waals surface area (Å²) < 4.78 is 5.71. The second-order valence-electron chi connectivity index (χ2n) is 6.39. The van der Waals surface area contributed by atoms with Crippen LogP contribution in [0, 0.1) is 6.92 Å². The fraction of sp³-hybridized carbons (Fsp3) is 0.421. The molecule has 0 unspecified atom stereocenters. The summed E-state index contributed by atoms with van der Waals surface area (Å²) in [4.78, 5) is 23.2. The molecule has 0 radical (unpaired) electrons. The number of amides is 1. The molecule has 1 aromatic carbocycles. The van der Waals surface area contributed by atoms with E-state index in [9.17, 15) is 4.79 Å². The minimum Gasteiger partial charge on any atom is -0.476 e. The van der Waals surface area contributed by atoms with Gasteiger partial charge in [-0.3, -0.25) is 4.79 Å². The van der Waals surface area contributed by atoms with Crippen LogP contribution in [0.1, 0.15) is 35.4 Å². The summed E-state index contributed by atoms with van der Waals surface area (Å²) in [5, 5.41) is 3.56. The van der Waals surface area contributed by atoms with Crippen molar-refractivity contribution in [1.29, 1.82) is 0 Å². The minimum absolute atomic E-state index is 0.231. The molecule has 144 valence electrons. The standard InChI is InChI=1S/C19H22Cl2N4O2/c1-13-23-17(25-8-3-2-4-9-25)12-18(24-13)27-10-7-22-19(26)14-5-6-15(20)16(21)11-14/h5-6,11-12H,2-4,7-10H2,1H3,(H,22,26). The highest BCUT2D eigenvalue weighted by molar-refractivity contribution is 6.42. The number of hydrogen-bond acceptors (Lipinski definition) is 5. The number of aryl methyl sites for hydroxylation is 1. The van der Waals surface area contributed by atoms with Crippen molar-refractivity contribution >= 4 is 34.9 Å². The molecule has 27 heavy (non-hydrogen) atoms. The minimum atomic E-state index is -0.231. The van der Waals surface area contributed by atoms with Crippen LogP contribution in [0.5, 0.6) is 5.88 Å². The highest BCUT2D eigenvalue weighted by Gasteiger charge is 2.14. The van der Waals surface area contributed by atoms with Gasteiger partial charge < -0.3 is 15.0 Å². The van der Waals surface area contributed by atoms with Crippen molar-refractivity contribution in [2.75, 3.05) is 31.1 Å². The zero-order chi connectivity index (χ0) is 19.2. The zero-order valence-corrected chi connectivity index (χ0v) is 16.7. The number of halogens is 2. The third kappa shape index (κ3) is 5.47. The Morgan fingerprint density at radius 3 is 2.67 bits per heavy atom. The summed E-state index contributed by atoms with van der Waals surface area (Å²) >= 11 is 11.8. The van der Waals surface area contributed by atoms with Gasteiger partial charge in [-0.05, 0) is 44.4 Å². The molecule has 1 N–H and O–H groups in total. The van der Waals surface area contributed by atoms with Crippen LogP contribution in [0.3, 0.4) is 0 Å². The van der Waals surface area contributed by atoms with Crippen molar-refractivity contribution in [3.63, 3.8) is 0 Å². The molecular formula is C19H22Cl2N4O2. The molecule has 1 aliphatic heterocycles. The first-order chi connectivity index (χ1) is 13.0. The van der Waals surface area contributed by atoms with E-state index in [1.54, 1.807) is 18.2 Å². The number of benzene rings is 1. The van der Waals surface area contributed by atoms with E-state index < -0.39 is 0 Å². The van der Waals surface area contributed by atoms with E-state index in [0.717, 1.165) is 18.9 Å². The average Bonchev–Trinajstić information content (AvgIpc) is 2.67. The first-order valence-corrected chi connectivity index (χ1v) is 9.75. The number of piperidine rings is 1. The molecule has 1 saturated heterocycles. The Labute approximate surface area is 168 Å². The van der Waals surface area contributed by atoms with Crippen molar-refractivity contribution in [3.8, 4) is 5.88 Å². The maximum absolute atomic E-state index is 12.1. The highest BCUT2D eigenvalue weighted by Crippen LogP contribution is 2.23. The van der Waals surface area contributed by atoms with Crippen molar-refractivity contribution in [2.24, 2.45) is 0 Å². The van der Waals surface area contributed by atoms with Crippen molar-refractivity contribution in [2.45, 2.75) is 26.2 Å². The molecule has 0 bridgehead atoms. The van der Waals surface area contributed by atoms with Crippen LogP contribution in [-0.4, -0.2) is 42.1 Å². The van der Waals surface area contributed by atoms with E-state index in [1.165, 1.54) is 19.3 Å². The SMILES string of the molecule is Cc1nc(OCCNC(=O)c2ccc(Cl)c(Cl)c2)cc(N2CCCCC2)n1. The molecular weight excluding hydrogens is 387 g/mol. The van der Waals surface area contributed by atoms with Gasteiger partial charge in [0, 0.05) is 24.7 Å². The summed E-state index contributed by atoms with van der Waals surface area (Å²) in [6, 6.07) is 6.63. The summed E-state index contributed by atoms with van der Waals surface area (Å²) in [5.41, 5.74) is 0.453. The van der Waals surface area contributed by atoms with E-state index in [-0.39, 0.29) is 5.91 Å². The monoisotopic (exact) mass is 408 g/mol. The Bertz CT molecular complexity index is 810. The van der Waals surface area contributed by atoms with Gasteiger partial charge >= 0.3 is 0 Å². The number of nitrogens with zero attached hydrogens (tertiary/aromatic N) is 3. The van der Waals surface area contributed by atoms with Gasteiger partial charge in [0.1, 0.15) is 18.2 Å². The van der Waals surface area contributed by atoms with Gasteiger partial charge in [-0.2, -0.15) is 4.98 Å². The molecule has 1 fully saturated rings. The normalized spacial score (nSPS) is 14.1. The van der Waals surface area contributed by atoms with Gasteiger partial charge in [-0.25, -0.2) is 4.98 Å². The lowest BCUT2D eigenvalue weighted by Gasteiger charge is -2.28. The number of rotatable bonds is 6. The Kier molecular flexibility index (Phi) is 6.74. The van der Waals surface area contributed by atoms with Crippen molar-refractivity contribution < 1.29 is 9.53 Å². The summed E-state index contributed by atoms with van der Waals surface area (Å²) in [7, 11) is 0. The Morgan fingerprint density at radius 2 is 1.93 bits per heavy atom. The smallest absolute Gasteiger partial charge is 0.251 e. The predicted molar refractivity (Wildman–Crippen MR) is 107 cm³/mol. The molecule has 0 spiro atoms. The number of nitrogens with one attached hydrogen (secondary N) is 1. The number of hydrogen-bond donors (Lipinski definition) is 1. The summed E-state index contributed by atoms with van der Waals surface area (Å²) in [5.74, 6) is 1.86. The summed E-state index contributed by atoms with van der Waals surface area (Å²) in [6.07, 6.45) is 3.63. The topological polar surface area (TPSA) is 67.3 Å². The van der Waals surface area contributed by atoms with E-state index in [4.69, 9.17) is 27.9 Å². The quantitative estimate of drug-likeness (QED) is 0.734. The van der Waals surface area contributed by atoms with E-state index >= 15 is 0 Å². The Hall–Kier alpha value is -2.05. The predicted octanol–water partition coefficient (Wildman–Crippen LogP) is 3.89. The van der Waals surface area contributed by atoms with Crippen LogP contribution in [0.25, 0.3) is 0 Å². The number of carbonyl (C=O) groups is 1. The molecule has 2 aromatic rings. The average molecular weight is 409 g/mol. The number of ether oxygens (including phenoxy) is 1. The maximum atomic E-state index is 12.1. The van der Waals surface area contributed by atoms with Crippen LogP contribution in [-0.2, 0) is 0 Å². The lowest BCUT2D eigenvalue weighted by atomic mass is 10.1. The first-order valence-electron chi connectivity index (χ1n) is 8.99. The number of aromatic nitrogens is 2. The van der Waals surface area contributed by atoms with Gasteiger partial charge in [-0.1, -0.05) is 23.2 Å². The van der Waals surface area contributed by atoms with Gasteiger partial charge in [0.15, 0.2) is 0 Å². The lowest BCUT2D eigenvalue weighted by Crippen LogP contribution is -2.30. The zero-order valence-electron chi connectivity index (χ0n) is 15.2. The van der Waals surface area contributed by atoms with Gasteiger partial charge in [0.25, 0.3) is 5.91 Å². The van der Waals surface area contributed by atoms with Crippen molar-refractivity contribution in [3.05, 3.63) is 45.7 Å². The van der Waals surface area contributed by atoms with Gasteiger partial charge in [-0.15, -0.1) is 0 Å². The fourth-order valence-corrected chi connectivity index (χ4v) is 3.24. The van der Waals surface area contributed by atoms with Crippen LogP contribution < -0.4 is 15.0 Å². The third-order valence-electron chi connectivity index (χ3n) is 4.30. The van der Waals surface area contributed by atoms with Crippen molar-refractivity contribution in [1.82, 2.24) is 15.3 Å². The molecule has 0 atom stereocenters. The Balaban J connectivity index is 1.51. The molecule has 2 heterocycles. The number of carbonyl (C=O) groups excluding carboxylic acids is 1. The van der Waals surface area contributed by atoms with E-state index in [1.807, 2.05) is 13.0 Å². The molecule has 1 aliphatic rings. The molecule has 0 saturated carbocycles. The lowest BCUT2D eigenvalue weighted by molar-refractivity contribution is 0.0946. The highest BCUT2D eigenvalue weighted by atomic mass is 35.5. The second kappa shape index (κ2) is 9.24. The molecule has 6 nitrogen and oxygen atoms in total. The fourth-order valence-electron chi connectivity index (χ4n) is 2.94. The molecule has 0 aliphatic carbocycles. The van der Waals surface area contributed by atoms with Gasteiger partial charge in [0.2, 0.25) is 5.88 Å². The number of anilines is 1. The van der Waals surface area contributed by atoms with Crippen LogP contribution in [0.4, 0.5) is 5.82 Å². The largest absolute Gasteiger partial charge is 0.476 e. The van der Waals surface area contributed by atoms with E-state index in [0.29, 0.717) is 40.5 Å². The second-order valence-corrected chi connectivity index (χ2v) is 7.21. The van der Waals surface area contributed by atoms with Crippen LogP contribution in [0.2, 0.25) is 10.0 Å². The molecule has 8 heteroatoms. The van der Waals surface area contributed by atoms with Crippen LogP contribution >= 0.6 is 23.2 Å². The van der Waals surface area contributed by atoms with Gasteiger partial charge in [0.05, 0.1) is 16.6 Å². The molecule has 1 amide bonds. The van der Waals surface area contributed by atoms with Crippen LogP contribution in [0.15, 0.2) is 24.3 Å². The Morgan fingerprint density at radius 1 is 1.15 bits per heavy atom. The van der Waals surface area contributed by atoms with E-state index in [2.05, 4.69) is 20.2 Å². The third-order valence-corrected chi connectivity index (χ3v) is 5.04. The molecule has 3 rings (SSSR count). The molecule has 1 aromatic heterocycles. The summed E-state index contributed by atoms with van der Waals surface area (Å²) in [6.45, 7) is 4.53.